The van der Waals surface area contributed by atoms with Crippen LogP contribution in [0.2, 0.25) is 0 Å². The Labute approximate surface area is 214 Å². The summed E-state index contributed by atoms with van der Waals surface area (Å²) in [5, 5.41) is 29.8. The van der Waals surface area contributed by atoms with Gasteiger partial charge in [-0.25, -0.2) is 4.98 Å². The molecule has 0 bridgehead atoms. The molecular formula is C26H34N4O5S. The normalized spacial score (nSPS) is 34.5. The van der Waals surface area contributed by atoms with Gasteiger partial charge >= 0.3 is 0 Å². The van der Waals surface area contributed by atoms with Crippen LogP contribution in [0.5, 0.6) is 0 Å². The molecule has 194 valence electrons. The molecule has 1 aromatic heterocycles. The van der Waals surface area contributed by atoms with Gasteiger partial charge in [-0.05, 0) is 81.1 Å². The summed E-state index contributed by atoms with van der Waals surface area (Å²) in [6, 6.07) is 0. The van der Waals surface area contributed by atoms with Crippen molar-refractivity contribution in [3.63, 3.8) is 0 Å². The summed E-state index contributed by atoms with van der Waals surface area (Å²) in [6.07, 6.45) is 9.49. The van der Waals surface area contributed by atoms with Crippen molar-refractivity contribution < 1.29 is 19.7 Å². The number of anilines is 1. The SMILES string of the molecule is CO/N=C1\C[C@@H](CCC(=O)Nc2ncc(C)s2)C2C3CCC4=CC(O)=C([N+](=O)[O-])CC4C3CC[C@]12C. The minimum absolute atomic E-state index is 0.0204. The first kappa shape index (κ1) is 24.9. The van der Waals surface area contributed by atoms with Crippen LogP contribution in [0.15, 0.2) is 34.5 Å². The zero-order valence-electron chi connectivity index (χ0n) is 21.0. The van der Waals surface area contributed by atoms with Gasteiger partial charge in [0.15, 0.2) is 10.9 Å². The van der Waals surface area contributed by atoms with Crippen molar-refractivity contribution >= 4 is 28.1 Å². The highest BCUT2D eigenvalue weighted by Crippen LogP contribution is 2.63. The fourth-order valence-electron chi connectivity index (χ4n) is 7.73. The number of carbonyl (C=O) groups excluding carboxylic acids is 1. The second-order valence-corrected chi connectivity index (χ2v) is 12.2. The molecule has 0 aromatic carbocycles. The van der Waals surface area contributed by atoms with Gasteiger partial charge in [0.1, 0.15) is 7.11 Å². The smallest absolute Gasteiger partial charge is 0.288 e. The van der Waals surface area contributed by atoms with E-state index in [1.54, 1.807) is 19.4 Å². The number of nitro groups is 1. The molecule has 1 amide bonds. The van der Waals surface area contributed by atoms with Gasteiger partial charge in [0.05, 0.1) is 10.6 Å². The number of hydrogen-bond donors (Lipinski definition) is 2. The number of oxime groups is 1. The number of nitrogens with one attached hydrogen (secondary N) is 1. The second kappa shape index (κ2) is 9.61. The van der Waals surface area contributed by atoms with E-state index in [1.807, 2.05) is 6.92 Å². The molecule has 0 aliphatic heterocycles. The van der Waals surface area contributed by atoms with E-state index in [0.29, 0.717) is 41.6 Å². The molecule has 36 heavy (non-hydrogen) atoms. The number of carbonyl (C=O) groups is 1. The maximum Gasteiger partial charge on any atom is 0.288 e. The predicted octanol–water partition coefficient (Wildman–Crippen LogP) is 5.63. The molecule has 10 heteroatoms. The predicted molar refractivity (Wildman–Crippen MR) is 137 cm³/mol. The summed E-state index contributed by atoms with van der Waals surface area (Å²) < 4.78 is 0. The van der Waals surface area contributed by atoms with Gasteiger partial charge in [0.25, 0.3) is 5.70 Å². The molecule has 1 heterocycles. The van der Waals surface area contributed by atoms with Crippen LogP contribution < -0.4 is 5.32 Å². The molecule has 9 nitrogen and oxygen atoms in total. The van der Waals surface area contributed by atoms with E-state index in [2.05, 4.69) is 22.4 Å². The Morgan fingerprint density at radius 1 is 1.39 bits per heavy atom. The van der Waals surface area contributed by atoms with Crippen LogP contribution in [-0.4, -0.2) is 33.7 Å². The molecule has 3 saturated carbocycles. The number of hydrogen-bond acceptors (Lipinski definition) is 8. The fraction of sp³-hybridized carbons (Fsp3) is 0.654. The molecule has 4 aliphatic rings. The van der Waals surface area contributed by atoms with Gasteiger partial charge < -0.3 is 15.3 Å². The molecule has 0 saturated heterocycles. The largest absolute Gasteiger partial charge is 0.502 e. The summed E-state index contributed by atoms with van der Waals surface area (Å²) in [5.41, 5.74) is 2.09. The first-order valence-corrected chi connectivity index (χ1v) is 13.6. The zero-order valence-corrected chi connectivity index (χ0v) is 21.8. The van der Waals surface area contributed by atoms with Crippen molar-refractivity contribution in [2.24, 2.45) is 40.2 Å². The van der Waals surface area contributed by atoms with Crippen molar-refractivity contribution in [2.45, 2.75) is 65.2 Å². The number of nitrogens with zero attached hydrogens (tertiary/aromatic N) is 3. The lowest BCUT2D eigenvalue weighted by molar-refractivity contribution is -0.432. The monoisotopic (exact) mass is 514 g/mol. The fourth-order valence-corrected chi connectivity index (χ4v) is 8.41. The van der Waals surface area contributed by atoms with Gasteiger partial charge in [0.2, 0.25) is 5.91 Å². The number of thiazole rings is 1. The summed E-state index contributed by atoms with van der Waals surface area (Å²) in [5.74, 6) is 1.28. The molecule has 1 aromatic rings. The first-order chi connectivity index (χ1) is 17.2. The Morgan fingerprint density at radius 2 is 2.19 bits per heavy atom. The van der Waals surface area contributed by atoms with E-state index < -0.39 is 4.92 Å². The Morgan fingerprint density at radius 3 is 2.89 bits per heavy atom. The molecule has 0 spiro atoms. The lowest BCUT2D eigenvalue weighted by Gasteiger charge is -2.53. The number of rotatable bonds is 6. The van der Waals surface area contributed by atoms with Gasteiger partial charge in [-0.3, -0.25) is 14.9 Å². The third kappa shape index (κ3) is 4.33. The molecule has 3 fully saturated rings. The second-order valence-electron chi connectivity index (χ2n) is 11.0. The molecule has 2 N–H and O–H groups in total. The van der Waals surface area contributed by atoms with Crippen LogP contribution in [0.4, 0.5) is 5.13 Å². The van der Waals surface area contributed by atoms with Gasteiger partial charge in [-0.1, -0.05) is 17.7 Å². The van der Waals surface area contributed by atoms with Crippen molar-refractivity contribution in [1.29, 1.82) is 0 Å². The maximum absolute atomic E-state index is 12.7. The highest BCUT2D eigenvalue weighted by Gasteiger charge is 2.59. The third-order valence-corrected chi connectivity index (χ3v) is 10.0. The van der Waals surface area contributed by atoms with Crippen molar-refractivity contribution in [1.82, 2.24) is 4.98 Å². The third-order valence-electron chi connectivity index (χ3n) is 9.19. The molecular weight excluding hydrogens is 480 g/mol. The van der Waals surface area contributed by atoms with Crippen LogP contribution in [0.25, 0.3) is 0 Å². The number of aromatic nitrogens is 1. The molecule has 0 radical (unpaired) electrons. The van der Waals surface area contributed by atoms with Gasteiger partial charge in [-0.15, -0.1) is 11.3 Å². The van der Waals surface area contributed by atoms with E-state index in [0.717, 1.165) is 54.7 Å². The molecule has 4 aliphatic carbocycles. The number of allylic oxidation sites excluding steroid dienone is 3. The molecule has 6 atom stereocenters. The maximum atomic E-state index is 12.7. The van der Waals surface area contributed by atoms with Gasteiger partial charge in [-0.2, -0.15) is 0 Å². The quantitative estimate of drug-likeness (QED) is 0.374. The van der Waals surface area contributed by atoms with Crippen LogP contribution >= 0.6 is 11.3 Å². The average molecular weight is 515 g/mol. The molecule has 5 rings (SSSR count). The summed E-state index contributed by atoms with van der Waals surface area (Å²) >= 11 is 1.47. The van der Waals surface area contributed by atoms with E-state index in [-0.39, 0.29) is 28.7 Å². The number of aryl methyl sites for hydroxylation is 1. The molecule has 4 unspecified atom stereocenters. The minimum atomic E-state index is -0.427. The Hall–Kier alpha value is -2.75. The summed E-state index contributed by atoms with van der Waals surface area (Å²) in [4.78, 5) is 34.4. The first-order valence-electron chi connectivity index (χ1n) is 12.8. The van der Waals surface area contributed by atoms with E-state index in [9.17, 15) is 20.0 Å². The van der Waals surface area contributed by atoms with Crippen LogP contribution in [0.1, 0.15) is 63.2 Å². The highest BCUT2D eigenvalue weighted by atomic mass is 32.1. The van der Waals surface area contributed by atoms with Crippen LogP contribution in [-0.2, 0) is 9.63 Å². The lowest BCUT2D eigenvalue weighted by Crippen LogP contribution is -2.48. The Kier molecular flexibility index (Phi) is 6.65. The zero-order chi connectivity index (χ0) is 25.6. The topological polar surface area (TPSA) is 127 Å². The highest BCUT2D eigenvalue weighted by molar-refractivity contribution is 7.15. The van der Waals surface area contributed by atoms with E-state index in [4.69, 9.17) is 4.84 Å². The van der Waals surface area contributed by atoms with Crippen molar-refractivity contribution in [3.8, 4) is 0 Å². The Balaban J connectivity index is 1.36. The average Bonchev–Trinajstić information content (AvgIpc) is 3.36. The lowest BCUT2D eigenvalue weighted by atomic mass is 9.51. The Bertz CT molecular complexity index is 1160. The van der Waals surface area contributed by atoms with Gasteiger partial charge in [0, 0.05) is 29.3 Å². The number of aliphatic hydroxyl groups excluding tert-OH is 1. The summed E-state index contributed by atoms with van der Waals surface area (Å²) in [7, 11) is 1.59. The number of amides is 1. The van der Waals surface area contributed by atoms with Crippen LogP contribution in [0.3, 0.4) is 0 Å². The number of aliphatic hydroxyl groups is 1. The standard InChI is InChI=1S/C26H34N4O5S/c1-14-13-27-25(36-14)28-23(32)7-5-16-11-22(29-35-3)26(2)9-8-17-18(24(16)26)6-4-15-10-21(31)20(30(33)34)12-19(15)17/h10,13,16-19,24,31H,4-9,11-12H2,1-3H3,(H,27,28,32)/b29-22+/t16-,17?,18?,19?,24?,26-/m1/s1. The summed E-state index contributed by atoms with van der Waals surface area (Å²) in [6.45, 7) is 4.26. The number of fused-ring (bicyclic) bond motifs is 5. The van der Waals surface area contributed by atoms with E-state index >= 15 is 0 Å². The van der Waals surface area contributed by atoms with Crippen molar-refractivity contribution in [3.05, 3.63) is 44.3 Å². The van der Waals surface area contributed by atoms with E-state index in [1.165, 1.54) is 11.3 Å². The van der Waals surface area contributed by atoms with Crippen LogP contribution in [0, 0.1) is 52.0 Å². The minimum Gasteiger partial charge on any atom is -0.502 e. The van der Waals surface area contributed by atoms with Crippen molar-refractivity contribution in [2.75, 3.05) is 12.4 Å².